The molecule has 0 aromatic carbocycles. The van der Waals surface area contributed by atoms with Gasteiger partial charge in [-0.3, -0.25) is 9.59 Å². The van der Waals surface area contributed by atoms with Crippen LogP contribution in [0.25, 0.3) is 0 Å². The standard InChI is InChI=1S/C12H20O3/c1-8(2)10(12(14)15)11(13)9-6-4-3-5-7-9/h8-10H,3-7H2,1-2H3,(H,14,15). The quantitative estimate of drug-likeness (QED) is 0.728. The van der Waals surface area contributed by atoms with Crippen LogP contribution in [0.15, 0.2) is 0 Å². The highest BCUT2D eigenvalue weighted by atomic mass is 16.4. The van der Waals surface area contributed by atoms with E-state index in [1.54, 1.807) is 13.8 Å². The van der Waals surface area contributed by atoms with E-state index < -0.39 is 11.9 Å². The summed E-state index contributed by atoms with van der Waals surface area (Å²) < 4.78 is 0. The van der Waals surface area contributed by atoms with E-state index in [1.165, 1.54) is 6.42 Å². The van der Waals surface area contributed by atoms with Gasteiger partial charge in [-0.2, -0.15) is 0 Å². The molecule has 0 spiro atoms. The van der Waals surface area contributed by atoms with Crippen molar-refractivity contribution in [3.8, 4) is 0 Å². The van der Waals surface area contributed by atoms with Crippen molar-refractivity contribution in [2.45, 2.75) is 46.0 Å². The zero-order chi connectivity index (χ0) is 11.4. The van der Waals surface area contributed by atoms with Crippen LogP contribution in [-0.2, 0) is 9.59 Å². The molecule has 1 fully saturated rings. The van der Waals surface area contributed by atoms with Crippen molar-refractivity contribution in [3.63, 3.8) is 0 Å². The molecular formula is C12H20O3. The maximum atomic E-state index is 12.0. The first-order valence-electron chi connectivity index (χ1n) is 5.80. The number of carboxylic acids is 1. The number of ketones is 1. The van der Waals surface area contributed by atoms with E-state index >= 15 is 0 Å². The van der Waals surface area contributed by atoms with E-state index in [1.807, 2.05) is 0 Å². The number of hydrogen-bond acceptors (Lipinski definition) is 2. The van der Waals surface area contributed by atoms with Crippen LogP contribution in [0.1, 0.15) is 46.0 Å². The molecule has 0 aromatic rings. The molecule has 1 saturated carbocycles. The van der Waals surface area contributed by atoms with Gasteiger partial charge in [0.25, 0.3) is 0 Å². The van der Waals surface area contributed by atoms with Gasteiger partial charge in [0.1, 0.15) is 11.7 Å². The van der Waals surface area contributed by atoms with Crippen molar-refractivity contribution >= 4 is 11.8 Å². The first-order valence-corrected chi connectivity index (χ1v) is 5.80. The average Bonchev–Trinajstić information content (AvgIpc) is 2.18. The summed E-state index contributed by atoms with van der Waals surface area (Å²) in [5.41, 5.74) is 0. The second-order valence-electron chi connectivity index (χ2n) is 4.80. The Balaban J connectivity index is 2.66. The highest BCUT2D eigenvalue weighted by Crippen LogP contribution is 2.28. The van der Waals surface area contributed by atoms with Crippen LogP contribution in [0, 0.1) is 17.8 Å². The second-order valence-corrected chi connectivity index (χ2v) is 4.80. The summed E-state index contributed by atoms with van der Waals surface area (Å²) in [5.74, 6) is -1.90. The molecule has 0 radical (unpaired) electrons. The van der Waals surface area contributed by atoms with Crippen LogP contribution in [0.3, 0.4) is 0 Å². The predicted molar refractivity (Wildman–Crippen MR) is 57.5 cm³/mol. The molecule has 0 heterocycles. The Morgan fingerprint density at radius 3 is 2.07 bits per heavy atom. The van der Waals surface area contributed by atoms with Crippen molar-refractivity contribution in [3.05, 3.63) is 0 Å². The summed E-state index contributed by atoms with van der Waals surface area (Å²) in [4.78, 5) is 23.0. The molecule has 3 heteroatoms. The van der Waals surface area contributed by atoms with Gasteiger partial charge in [-0.1, -0.05) is 33.1 Å². The van der Waals surface area contributed by atoms with Gasteiger partial charge in [0.2, 0.25) is 0 Å². The molecule has 1 aliphatic rings. The number of rotatable bonds is 4. The average molecular weight is 212 g/mol. The molecule has 0 aliphatic heterocycles. The summed E-state index contributed by atoms with van der Waals surface area (Å²) in [5, 5.41) is 9.02. The third-order valence-electron chi connectivity index (χ3n) is 3.25. The molecule has 1 rings (SSSR count). The van der Waals surface area contributed by atoms with Gasteiger partial charge in [0, 0.05) is 5.92 Å². The van der Waals surface area contributed by atoms with Crippen LogP contribution in [0.4, 0.5) is 0 Å². The molecule has 0 amide bonds. The molecule has 1 N–H and O–H groups in total. The van der Waals surface area contributed by atoms with Crippen LogP contribution in [0.2, 0.25) is 0 Å². The number of carbonyl (C=O) groups excluding carboxylic acids is 1. The van der Waals surface area contributed by atoms with Crippen molar-refractivity contribution < 1.29 is 14.7 Å². The number of carbonyl (C=O) groups is 2. The highest BCUT2D eigenvalue weighted by Gasteiger charge is 2.34. The molecule has 0 saturated heterocycles. The number of Topliss-reactive ketones (excluding diaryl/α,β-unsaturated/α-hetero) is 1. The predicted octanol–water partition coefficient (Wildman–Crippen LogP) is 2.49. The zero-order valence-electron chi connectivity index (χ0n) is 9.53. The summed E-state index contributed by atoms with van der Waals surface area (Å²) in [6.07, 6.45) is 5.09. The van der Waals surface area contributed by atoms with Crippen LogP contribution < -0.4 is 0 Å². The van der Waals surface area contributed by atoms with E-state index in [2.05, 4.69) is 0 Å². The Labute approximate surface area is 90.9 Å². The van der Waals surface area contributed by atoms with Crippen molar-refractivity contribution in [1.82, 2.24) is 0 Å². The Morgan fingerprint density at radius 1 is 1.13 bits per heavy atom. The molecule has 86 valence electrons. The number of carboxylic acid groups (broad SMARTS) is 1. The van der Waals surface area contributed by atoms with Gasteiger partial charge in [0.05, 0.1) is 0 Å². The van der Waals surface area contributed by atoms with Gasteiger partial charge in [0.15, 0.2) is 0 Å². The van der Waals surface area contributed by atoms with E-state index in [0.29, 0.717) is 0 Å². The van der Waals surface area contributed by atoms with E-state index in [-0.39, 0.29) is 17.6 Å². The Kier molecular flexibility index (Phi) is 4.30. The van der Waals surface area contributed by atoms with Crippen LogP contribution >= 0.6 is 0 Å². The molecule has 3 nitrogen and oxygen atoms in total. The molecule has 1 aliphatic carbocycles. The van der Waals surface area contributed by atoms with E-state index in [0.717, 1.165) is 25.7 Å². The topological polar surface area (TPSA) is 54.4 Å². The molecule has 0 aromatic heterocycles. The van der Waals surface area contributed by atoms with Crippen molar-refractivity contribution in [1.29, 1.82) is 0 Å². The first-order chi connectivity index (χ1) is 7.04. The zero-order valence-corrected chi connectivity index (χ0v) is 9.53. The summed E-state index contributed by atoms with van der Waals surface area (Å²) in [6.45, 7) is 3.61. The fraction of sp³-hybridized carbons (Fsp3) is 0.833. The lowest BCUT2D eigenvalue weighted by molar-refractivity contribution is -0.149. The minimum Gasteiger partial charge on any atom is -0.481 e. The Morgan fingerprint density at radius 2 is 1.67 bits per heavy atom. The van der Waals surface area contributed by atoms with E-state index in [4.69, 9.17) is 5.11 Å². The van der Waals surface area contributed by atoms with Gasteiger partial charge in [-0.15, -0.1) is 0 Å². The normalized spacial score (nSPS) is 20.2. The molecule has 1 atom stereocenters. The lowest BCUT2D eigenvalue weighted by Gasteiger charge is -2.25. The molecule has 1 unspecified atom stereocenters. The highest BCUT2D eigenvalue weighted by molar-refractivity contribution is 5.99. The van der Waals surface area contributed by atoms with Crippen molar-refractivity contribution in [2.24, 2.45) is 17.8 Å². The minimum absolute atomic E-state index is 0.00208. The minimum atomic E-state index is -0.958. The number of hydrogen-bond donors (Lipinski definition) is 1. The smallest absolute Gasteiger partial charge is 0.314 e. The molecular weight excluding hydrogens is 192 g/mol. The van der Waals surface area contributed by atoms with Gasteiger partial charge < -0.3 is 5.11 Å². The maximum absolute atomic E-state index is 12.0. The van der Waals surface area contributed by atoms with Gasteiger partial charge >= 0.3 is 5.97 Å². The van der Waals surface area contributed by atoms with Gasteiger partial charge in [-0.05, 0) is 18.8 Å². The summed E-state index contributed by atoms with van der Waals surface area (Å²) in [6, 6.07) is 0. The number of aliphatic carboxylic acids is 1. The largest absolute Gasteiger partial charge is 0.481 e. The SMILES string of the molecule is CC(C)C(C(=O)O)C(=O)C1CCCCC1. The third kappa shape index (κ3) is 3.05. The monoisotopic (exact) mass is 212 g/mol. The van der Waals surface area contributed by atoms with E-state index in [9.17, 15) is 9.59 Å². The maximum Gasteiger partial charge on any atom is 0.314 e. The second kappa shape index (κ2) is 5.29. The van der Waals surface area contributed by atoms with Crippen molar-refractivity contribution in [2.75, 3.05) is 0 Å². The lowest BCUT2D eigenvalue weighted by Crippen LogP contribution is -2.34. The Bertz CT molecular complexity index is 239. The fourth-order valence-electron chi connectivity index (χ4n) is 2.38. The van der Waals surface area contributed by atoms with Gasteiger partial charge in [-0.25, -0.2) is 0 Å². The summed E-state index contributed by atoms with van der Waals surface area (Å²) >= 11 is 0. The fourth-order valence-corrected chi connectivity index (χ4v) is 2.38. The molecule has 15 heavy (non-hydrogen) atoms. The summed E-state index contributed by atoms with van der Waals surface area (Å²) in [7, 11) is 0. The van der Waals surface area contributed by atoms with Crippen LogP contribution in [0.5, 0.6) is 0 Å². The third-order valence-corrected chi connectivity index (χ3v) is 3.25. The molecule has 0 bridgehead atoms. The first kappa shape index (κ1) is 12.2. The lowest BCUT2D eigenvalue weighted by atomic mass is 9.78. The Hall–Kier alpha value is -0.860. The van der Waals surface area contributed by atoms with Crippen LogP contribution in [-0.4, -0.2) is 16.9 Å².